The van der Waals surface area contributed by atoms with Crippen LogP contribution in [0.1, 0.15) is 44.9 Å². The van der Waals surface area contributed by atoms with Crippen molar-refractivity contribution in [2.75, 3.05) is 32.3 Å². The number of carbonyl (C=O) groups excluding carboxylic acids is 1. The molecule has 0 aliphatic carbocycles. The van der Waals surface area contributed by atoms with E-state index < -0.39 is 17.3 Å². The molecule has 1 amide bonds. The van der Waals surface area contributed by atoms with Crippen molar-refractivity contribution in [2.24, 2.45) is 0 Å². The van der Waals surface area contributed by atoms with Gasteiger partial charge in [-0.05, 0) is 58.7 Å². The van der Waals surface area contributed by atoms with Gasteiger partial charge in [-0.25, -0.2) is 4.79 Å². The van der Waals surface area contributed by atoms with E-state index in [2.05, 4.69) is 20.7 Å². The second kappa shape index (κ2) is 10.6. The summed E-state index contributed by atoms with van der Waals surface area (Å²) in [5.74, 6) is 0.303. The molecule has 13 heteroatoms. The first-order valence-corrected chi connectivity index (χ1v) is 12.1. The first-order chi connectivity index (χ1) is 17.9. The highest BCUT2D eigenvalue weighted by Crippen LogP contribution is 2.40. The molecular formula is C25H30F3N5O5. The number of likely N-dealkylation sites (tertiary alicyclic amines) is 1. The van der Waals surface area contributed by atoms with E-state index in [0.29, 0.717) is 30.0 Å². The number of nitrogens with one attached hydrogen (secondary N) is 1. The zero-order valence-corrected chi connectivity index (χ0v) is 21.8. The minimum Gasteiger partial charge on any atom is -0.467 e. The van der Waals surface area contributed by atoms with Gasteiger partial charge in [0, 0.05) is 31.8 Å². The number of fused-ring (bicyclic) bond motifs is 1. The maximum atomic E-state index is 13.3. The van der Waals surface area contributed by atoms with Crippen molar-refractivity contribution in [3.05, 3.63) is 29.5 Å². The number of aryl methyl sites for hydroxylation is 1. The fraction of sp³-hybridized carbons (Fsp3) is 0.520. The molecule has 4 rings (SSSR count). The van der Waals surface area contributed by atoms with Gasteiger partial charge in [0.15, 0.2) is 18.2 Å². The van der Waals surface area contributed by atoms with Crippen LogP contribution in [0.3, 0.4) is 0 Å². The Morgan fingerprint density at radius 1 is 1.24 bits per heavy atom. The number of anilines is 1. The highest BCUT2D eigenvalue weighted by Gasteiger charge is 2.33. The largest absolute Gasteiger partial charge is 0.467 e. The summed E-state index contributed by atoms with van der Waals surface area (Å²) in [7, 11) is 1.36. The molecule has 1 fully saturated rings. The molecule has 0 radical (unpaired) electrons. The number of rotatable bonds is 6. The molecule has 0 bridgehead atoms. The van der Waals surface area contributed by atoms with E-state index in [9.17, 15) is 18.0 Å². The zero-order valence-electron chi connectivity index (χ0n) is 21.8. The molecule has 1 saturated heterocycles. The van der Waals surface area contributed by atoms with Crippen molar-refractivity contribution in [2.45, 2.75) is 58.4 Å². The molecule has 206 valence electrons. The predicted molar refractivity (Wildman–Crippen MR) is 132 cm³/mol. The van der Waals surface area contributed by atoms with Gasteiger partial charge in [0.1, 0.15) is 17.0 Å². The predicted octanol–water partition coefficient (Wildman–Crippen LogP) is 5.41. The molecule has 2 aromatic heterocycles. The molecular weight excluding hydrogens is 507 g/mol. The molecule has 1 aliphatic heterocycles. The Morgan fingerprint density at radius 2 is 2.00 bits per heavy atom. The van der Waals surface area contributed by atoms with Crippen molar-refractivity contribution in [1.82, 2.24) is 20.3 Å². The summed E-state index contributed by atoms with van der Waals surface area (Å²) >= 11 is 0. The number of aromatic nitrogens is 3. The van der Waals surface area contributed by atoms with Gasteiger partial charge in [-0.2, -0.15) is 13.2 Å². The number of nitrogens with zero attached hydrogens (tertiary/aromatic N) is 4. The first-order valence-electron chi connectivity index (χ1n) is 12.1. The Morgan fingerprint density at radius 3 is 2.68 bits per heavy atom. The fourth-order valence-electron chi connectivity index (χ4n) is 4.20. The smallest absolute Gasteiger partial charge is 0.416 e. The molecule has 3 aromatic rings. The van der Waals surface area contributed by atoms with E-state index in [1.165, 1.54) is 13.2 Å². The Hall–Kier alpha value is -3.61. The van der Waals surface area contributed by atoms with Crippen molar-refractivity contribution < 1.29 is 36.7 Å². The lowest BCUT2D eigenvalue weighted by atomic mass is 10.0. The lowest BCUT2D eigenvalue weighted by Gasteiger charge is -2.34. The van der Waals surface area contributed by atoms with Crippen LogP contribution < -0.4 is 10.1 Å². The molecule has 3 heterocycles. The van der Waals surface area contributed by atoms with Gasteiger partial charge in [-0.1, -0.05) is 5.16 Å². The number of methoxy groups -OCH3 is 1. The summed E-state index contributed by atoms with van der Waals surface area (Å²) in [6, 6.07) is 2.93. The number of alkyl halides is 3. The number of piperidine rings is 1. The van der Waals surface area contributed by atoms with Crippen LogP contribution >= 0.6 is 0 Å². The zero-order chi connectivity index (χ0) is 27.7. The average Bonchev–Trinajstić information content (AvgIpc) is 3.23. The van der Waals surface area contributed by atoms with Gasteiger partial charge in [0.25, 0.3) is 0 Å². The highest BCUT2D eigenvalue weighted by atomic mass is 19.4. The van der Waals surface area contributed by atoms with Crippen molar-refractivity contribution in [3.63, 3.8) is 0 Å². The van der Waals surface area contributed by atoms with E-state index in [-0.39, 0.29) is 41.5 Å². The second-order valence-corrected chi connectivity index (χ2v) is 10.0. The van der Waals surface area contributed by atoms with Crippen LogP contribution in [0.4, 0.5) is 23.8 Å². The Kier molecular flexibility index (Phi) is 7.68. The standard InChI is InChI=1S/C25H30F3N5O5/c1-14-19-21(38-32-14)20(17-9-8-15(25(26,27)28)11-18(17)36-13-35-5)30-31-22(19)29-16-7-6-10-33(12-16)23(34)37-24(2,3)4/h8-9,11,16H,6-7,10,12-13H2,1-5H3,(H,29,31)/t16-/m1/s1. The number of benzene rings is 1. The molecule has 1 aromatic carbocycles. The van der Waals surface area contributed by atoms with E-state index in [0.717, 1.165) is 25.0 Å². The molecule has 1 N–H and O–H groups in total. The maximum Gasteiger partial charge on any atom is 0.416 e. The SMILES string of the molecule is COCOc1cc(C(F)(F)F)ccc1-c1nnc(N[C@@H]2CCCN(C(=O)OC(C)(C)C)C2)c2c(C)noc12. The van der Waals surface area contributed by atoms with E-state index >= 15 is 0 Å². The lowest BCUT2D eigenvalue weighted by Crippen LogP contribution is -2.47. The minimum atomic E-state index is -4.56. The molecule has 1 aliphatic rings. The van der Waals surface area contributed by atoms with E-state index in [1.807, 2.05) is 20.8 Å². The summed E-state index contributed by atoms with van der Waals surface area (Å²) in [6.45, 7) is 7.89. The van der Waals surface area contributed by atoms with Crippen molar-refractivity contribution >= 4 is 22.9 Å². The fourth-order valence-corrected chi connectivity index (χ4v) is 4.20. The normalized spacial score (nSPS) is 16.5. The molecule has 0 unspecified atom stereocenters. The number of hydrogen-bond acceptors (Lipinski definition) is 9. The first kappa shape index (κ1) is 27.4. The summed E-state index contributed by atoms with van der Waals surface area (Å²) in [5.41, 5.74) is -0.315. The number of amides is 1. The van der Waals surface area contributed by atoms with Crippen LogP contribution in [0.25, 0.3) is 22.2 Å². The van der Waals surface area contributed by atoms with E-state index in [1.54, 1.807) is 11.8 Å². The number of carbonyl (C=O) groups is 1. The van der Waals surface area contributed by atoms with Crippen LogP contribution in [0.5, 0.6) is 5.75 Å². The summed E-state index contributed by atoms with van der Waals surface area (Å²) in [6.07, 6.45) is -3.40. The molecule has 0 saturated carbocycles. The van der Waals surface area contributed by atoms with Crippen LogP contribution in [-0.2, 0) is 15.7 Å². The van der Waals surface area contributed by atoms with Crippen molar-refractivity contribution in [1.29, 1.82) is 0 Å². The second-order valence-electron chi connectivity index (χ2n) is 10.0. The molecule has 10 nitrogen and oxygen atoms in total. The molecule has 38 heavy (non-hydrogen) atoms. The third-order valence-electron chi connectivity index (χ3n) is 5.87. The van der Waals surface area contributed by atoms with Crippen LogP contribution in [-0.4, -0.2) is 65.0 Å². The van der Waals surface area contributed by atoms with Crippen molar-refractivity contribution in [3.8, 4) is 17.0 Å². The Labute approximate surface area is 217 Å². The van der Waals surface area contributed by atoms with Gasteiger partial charge in [-0.15, -0.1) is 10.2 Å². The third-order valence-corrected chi connectivity index (χ3v) is 5.87. The Bertz CT molecular complexity index is 1310. The van der Waals surface area contributed by atoms with Crippen LogP contribution in [0.2, 0.25) is 0 Å². The van der Waals surface area contributed by atoms with Crippen LogP contribution in [0.15, 0.2) is 22.7 Å². The quantitative estimate of drug-likeness (QED) is 0.413. The lowest BCUT2D eigenvalue weighted by molar-refractivity contribution is -0.137. The highest BCUT2D eigenvalue weighted by molar-refractivity contribution is 5.98. The third kappa shape index (κ3) is 6.09. The van der Waals surface area contributed by atoms with Gasteiger partial charge < -0.3 is 29.0 Å². The number of halogens is 3. The van der Waals surface area contributed by atoms with E-state index in [4.69, 9.17) is 18.7 Å². The van der Waals surface area contributed by atoms with Gasteiger partial charge in [0.05, 0.1) is 16.6 Å². The van der Waals surface area contributed by atoms with Gasteiger partial charge >= 0.3 is 12.3 Å². The number of hydrogen-bond donors (Lipinski definition) is 1. The number of ether oxygens (including phenoxy) is 3. The Balaban J connectivity index is 1.65. The van der Waals surface area contributed by atoms with Gasteiger partial charge in [-0.3, -0.25) is 0 Å². The summed E-state index contributed by atoms with van der Waals surface area (Å²) < 4.78 is 61.4. The molecule has 0 spiro atoms. The topological polar surface area (TPSA) is 112 Å². The minimum absolute atomic E-state index is 0.0904. The average molecular weight is 538 g/mol. The monoisotopic (exact) mass is 537 g/mol. The maximum absolute atomic E-state index is 13.3. The summed E-state index contributed by atoms with van der Waals surface area (Å²) in [4.78, 5) is 14.2. The van der Waals surface area contributed by atoms with Gasteiger partial charge in [0.2, 0.25) is 0 Å². The molecule has 1 atom stereocenters. The summed E-state index contributed by atoms with van der Waals surface area (Å²) in [5, 5.41) is 16.5. The van der Waals surface area contributed by atoms with Crippen LogP contribution in [0, 0.1) is 6.92 Å².